The first-order valence-electron chi connectivity index (χ1n) is 5.86. The van der Waals surface area contributed by atoms with Gasteiger partial charge in [0.1, 0.15) is 5.76 Å². The number of nitrogens with one attached hydrogen (secondary N) is 1. The molecule has 1 heterocycles. The van der Waals surface area contributed by atoms with Crippen LogP contribution in [0.3, 0.4) is 0 Å². The van der Waals surface area contributed by atoms with E-state index in [-0.39, 0.29) is 5.91 Å². The second kappa shape index (κ2) is 7.45. The highest BCUT2D eigenvalue weighted by Gasteiger charge is 2.17. The summed E-state index contributed by atoms with van der Waals surface area (Å²) in [7, 11) is 2.03. The van der Waals surface area contributed by atoms with Crippen LogP contribution in [0, 0.1) is 0 Å². The van der Waals surface area contributed by atoms with Gasteiger partial charge in [0.25, 0.3) is 5.91 Å². The Bertz CT molecular complexity index is 381. The number of hydrogen-bond acceptors (Lipinski definition) is 5. The van der Waals surface area contributed by atoms with Crippen LogP contribution < -0.4 is 11.3 Å². The second-order valence-corrected chi connectivity index (χ2v) is 5.26. The van der Waals surface area contributed by atoms with Gasteiger partial charge in [-0.05, 0) is 38.5 Å². The third-order valence-electron chi connectivity index (χ3n) is 3.01. The van der Waals surface area contributed by atoms with E-state index in [4.69, 9.17) is 10.3 Å². The Hall–Kier alpha value is -0.980. The van der Waals surface area contributed by atoms with Gasteiger partial charge in [-0.2, -0.15) is 11.8 Å². The van der Waals surface area contributed by atoms with Gasteiger partial charge in [-0.3, -0.25) is 15.1 Å². The summed E-state index contributed by atoms with van der Waals surface area (Å²) in [4.78, 5) is 13.7. The molecule has 1 rings (SSSR count). The lowest BCUT2D eigenvalue weighted by molar-refractivity contribution is 0.0949. The lowest BCUT2D eigenvalue weighted by Gasteiger charge is -2.23. The minimum Gasteiger partial charge on any atom is -0.467 e. The highest BCUT2D eigenvalue weighted by molar-refractivity contribution is 7.98. The number of nitrogen functional groups attached to an aromatic ring is 1. The molecule has 3 N–H and O–H groups in total. The lowest BCUT2D eigenvalue weighted by atomic mass is 10.2. The number of amides is 1. The number of furan rings is 1. The SMILES string of the molecule is CSCCC(C)N(C)Cc1occc1C(=O)NN. The van der Waals surface area contributed by atoms with Crippen LogP contribution >= 0.6 is 11.8 Å². The summed E-state index contributed by atoms with van der Waals surface area (Å²) in [6, 6.07) is 2.08. The van der Waals surface area contributed by atoms with E-state index in [0.29, 0.717) is 23.9 Å². The van der Waals surface area contributed by atoms with Crippen LogP contribution in [0.2, 0.25) is 0 Å². The molecule has 6 heteroatoms. The van der Waals surface area contributed by atoms with Gasteiger partial charge in [-0.1, -0.05) is 0 Å². The number of hydrogen-bond donors (Lipinski definition) is 2. The largest absolute Gasteiger partial charge is 0.467 e. The van der Waals surface area contributed by atoms with Crippen LogP contribution in [-0.4, -0.2) is 35.9 Å². The number of carbonyl (C=O) groups is 1. The summed E-state index contributed by atoms with van der Waals surface area (Å²) >= 11 is 1.84. The van der Waals surface area contributed by atoms with Crippen molar-refractivity contribution in [2.45, 2.75) is 25.9 Å². The average Bonchev–Trinajstić information content (AvgIpc) is 2.82. The van der Waals surface area contributed by atoms with E-state index in [1.165, 1.54) is 6.26 Å². The van der Waals surface area contributed by atoms with E-state index < -0.39 is 0 Å². The van der Waals surface area contributed by atoms with Gasteiger partial charge in [0, 0.05) is 6.04 Å². The number of rotatable bonds is 7. The highest BCUT2D eigenvalue weighted by Crippen LogP contribution is 2.15. The Kier molecular flexibility index (Phi) is 6.24. The van der Waals surface area contributed by atoms with Gasteiger partial charge in [-0.15, -0.1) is 0 Å². The molecule has 0 fully saturated rings. The summed E-state index contributed by atoms with van der Waals surface area (Å²) in [5, 5.41) is 0. The third kappa shape index (κ3) is 4.04. The van der Waals surface area contributed by atoms with Gasteiger partial charge >= 0.3 is 0 Å². The molecule has 0 saturated heterocycles. The van der Waals surface area contributed by atoms with Crippen LogP contribution in [0.5, 0.6) is 0 Å². The number of thioether (sulfide) groups is 1. The van der Waals surface area contributed by atoms with E-state index >= 15 is 0 Å². The van der Waals surface area contributed by atoms with Crippen LogP contribution in [0.15, 0.2) is 16.7 Å². The Morgan fingerprint density at radius 3 is 3.00 bits per heavy atom. The summed E-state index contributed by atoms with van der Waals surface area (Å²) < 4.78 is 5.35. The van der Waals surface area contributed by atoms with Crippen LogP contribution in [-0.2, 0) is 6.54 Å². The molecule has 0 saturated carbocycles. The molecular formula is C12H21N3O2S. The van der Waals surface area contributed by atoms with Crippen molar-refractivity contribution < 1.29 is 9.21 Å². The number of hydrazine groups is 1. The third-order valence-corrected chi connectivity index (χ3v) is 3.65. The van der Waals surface area contributed by atoms with Crippen molar-refractivity contribution >= 4 is 17.7 Å². The van der Waals surface area contributed by atoms with E-state index in [2.05, 4.69) is 23.5 Å². The Morgan fingerprint density at radius 1 is 1.67 bits per heavy atom. The summed E-state index contributed by atoms with van der Waals surface area (Å²) in [5.41, 5.74) is 2.63. The molecule has 1 amide bonds. The molecule has 102 valence electrons. The lowest BCUT2D eigenvalue weighted by Crippen LogP contribution is -2.32. The van der Waals surface area contributed by atoms with Gasteiger partial charge in [0.2, 0.25) is 0 Å². The Morgan fingerprint density at radius 2 is 2.39 bits per heavy atom. The normalized spacial score (nSPS) is 12.7. The molecule has 0 aliphatic rings. The molecule has 1 aromatic rings. The predicted octanol–water partition coefficient (Wildman–Crippen LogP) is 1.46. The zero-order valence-electron chi connectivity index (χ0n) is 11.1. The molecule has 18 heavy (non-hydrogen) atoms. The first kappa shape index (κ1) is 15.1. The van der Waals surface area contributed by atoms with E-state index in [1.807, 2.05) is 18.8 Å². The van der Waals surface area contributed by atoms with E-state index in [9.17, 15) is 4.79 Å². The minimum atomic E-state index is -0.316. The molecule has 1 atom stereocenters. The maximum Gasteiger partial charge on any atom is 0.268 e. The maximum absolute atomic E-state index is 11.5. The predicted molar refractivity (Wildman–Crippen MR) is 74.3 cm³/mol. The van der Waals surface area contributed by atoms with Crippen molar-refractivity contribution in [1.29, 1.82) is 0 Å². The molecule has 0 radical (unpaired) electrons. The number of nitrogens with two attached hydrogens (primary N) is 1. The molecule has 1 aromatic heterocycles. The molecule has 0 aromatic carbocycles. The molecule has 0 bridgehead atoms. The van der Waals surface area contributed by atoms with Gasteiger partial charge in [0.05, 0.1) is 18.4 Å². The van der Waals surface area contributed by atoms with Gasteiger partial charge in [0.15, 0.2) is 0 Å². The molecular weight excluding hydrogens is 250 g/mol. The first-order chi connectivity index (χ1) is 8.60. The monoisotopic (exact) mass is 271 g/mol. The summed E-state index contributed by atoms with van der Waals surface area (Å²) in [5.74, 6) is 6.59. The maximum atomic E-state index is 11.5. The minimum absolute atomic E-state index is 0.316. The topological polar surface area (TPSA) is 71.5 Å². The fourth-order valence-electron chi connectivity index (χ4n) is 1.63. The van der Waals surface area contributed by atoms with Crippen LogP contribution in [0.25, 0.3) is 0 Å². The van der Waals surface area contributed by atoms with Crippen molar-refractivity contribution in [1.82, 2.24) is 10.3 Å². The fraction of sp³-hybridized carbons (Fsp3) is 0.583. The fourth-order valence-corrected chi connectivity index (χ4v) is 2.21. The van der Waals surface area contributed by atoms with Crippen molar-refractivity contribution in [2.24, 2.45) is 5.84 Å². The standard InChI is InChI=1S/C12H21N3O2S/c1-9(5-7-18-3)15(2)8-11-10(4-6-17-11)12(16)14-13/h4,6,9H,5,7-8,13H2,1-3H3,(H,14,16). The first-order valence-corrected chi connectivity index (χ1v) is 7.26. The average molecular weight is 271 g/mol. The molecule has 0 spiro atoms. The quantitative estimate of drug-likeness (QED) is 0.446. The van der Waals surface area contributed by atoms with E-state index in [0.717, 1.165) is 12.2 Å². The summed E-state index contributed by atoms with van der Waals surface area (Å²) in [6.45, 7) is 2.77. The van der Waals surface area contributed by atoms with Crippen molar-refractivity contribution in [3.05, 3.63) is 23.7 Å². The van der Waals surface area contributed by atoms with Crippen molar-refractivity contribution in [3.63, 3.8) is 0 Å². The molecule has 1 unspecified atom stereocenters. The zero-order valence-corrected chi connectivity index (χ0v) is 11.9. The van der Waals surface area contributed by atoms with Crippen molar-refractivity contribution in [3.8, 4) is 0 Å². The number of carbonyl (C=O) groups excluding carboxylic acids is 1. The molecule has 5 nitrogen and oxygen atoms in total. The Balaban J connectivity index is 2.61. The van der Waals surface area contributed by atoms with Crippen molar-refractivity contribution in [2.75, 3.05) is 19.1 Å². The Labute approximate surface area is 112 Å². The second-order valence-electron chi connectivity index (χ2n) is 4.28. The van der Waals surface area contributed by atoms with Gasteiger partial charge < -0.3 is 4.42 Å². The zero-order chi connectivity index (χ0) is 13.5. The van der Waals surface area contributed by atoms with Gasteiger partial charge in [-0.25, -0.2) is 5.84 Å². The highest BCUT2D eigenvalue weighted by atomic mass is 32.2. The van der Waals surface area contributed by atoms with E-state index in [1.54, 1.807) is 6.07 Å². The molecule has 0 aliphatic carbocycles. The van der Waals surface area contributed by atoms with Crippen LogP contribution in [0.1, 0.15) is 29.5 Å². The summed E-state index contributed by atoms with van der Waals surface area (Å²) in [6.07, 6.45) is 4.72. The molecule has 0 aliphatic heterocycles. The smallest absolute Gasteiger partial charge is 0.268 e. The number of nitrogens with zero attached hydrogens (tertiary/aromatic N) is 1. The van der Waals surface area contributed by atoms with Crippen LogP contribution in [0.4, 0.5) is 0 Å².